The Morgan fingerprint density at radius 1 is 1.24 bits per heavy atom. The minimum Gasteiger partial charge on any atom is -0.394 e. The van der Waals surface area contributed by atoms with E-state index in [1.54, 1.807) is 0 Å². The van der Waals surface area contributed by atoms with Crippen LogP contribution in [-0.2, 0) is 0 Å². The van der Waals surface area contributed by atoms with Gasteiger partial charge in [-0.2, -0.15) is 0 Å². The van der Waals surface area contributed by atoms with Crippen LogP contribution >= 0.6 is 0 Å². The van der Waals surface area contributed by atoms with Gasteiger partial charge in [0.25, 0.3) is 0 Å². The topological polar surface area (TPSA) is 35.5 Å². The van der Waals surface area contributed by atoms with Crippen LogP contribution in [0.5, 0.6) is 0 Å². The molecule has 124 valence electrons. The molecule has 2 atom stereocenters. The second-order valence-corrected chi connectivity index (χ2v) is 7.92. The molecule has 0 amide bonds. The van der Waals surface area contributed by atoms with Gasteiger partial charge in [0.05, 0.1) is 6.61 Å². The van der Waals surface area contributed by atoms with E-state index in [1.807, 2.05) is 0 Å². The first-order chi connectivity index (χ1) is 9.98. The fourth-order valence-corrected chi connectivity index (χ4v) is 4.68. The molecule has 1 saturated heterocycles. The third-order valence-electron chi connectivity index (χ3n) is 6.20. The van der Waals surface area contributed by atoms with Gasteiger partial charge in [0.1, 0.15) is 0 Å². The van der Waals surface area contributed by atoms with Crippen molar-refractivity contribution in [1.29, 1.82) is 0 Å². The zero-order chi connectivity index (χ0) is 15.5. The molecule has 1 aliphatic heterocycles. The second kappa shape index (κ2) is 6.97. The van der Waals surface area contributed by atoms with Crippen LogP contribution < -0.4 is 5.32 Å². The van der Waals surface area contributed by atoms with Gasteiger partial charge in [-0.15, -0.1) is 0 Å². The molecule has 3 heteroatoms. The van der Waals surface area contributed by atoms with E-state index in [-0.39, 0.29) is 12.1 Å². The highest BCUT2D eigenvalue weighted by molar-refractivity contribution is 5.00. The number of rotatable bonds is 6. The Hall–Kier alpha value is -0.120. The lowest BCUT2D eigenvalue weighted by molar-refractivity contribution is 0.0580. The molecule has 1 heterocycles. The van der Waals surface area contributed by atoms with E-state index in [1.165, 1.54) is 45.2 Å². The lowest BCUT2D eigenvalue weighted by Crippen LogP contribution is -2.57. The van der Waals surface area contributed by atoms with E-state index in [4.69, 9.17) is 0 Å². The molecule has 0 spiro atoms. The molecule has 0 aromatic carbocycles. The standard InChI is InChI=1S/C18H36N2O/c1-5-17(6-2)10-11-20(13-17)16-8-7-9-18(12-16,14-21)19-15(3)4/h15-16,19,21H,5-14H2,1-4H3. The van der Waals surface area contributed by atoms with Crippen LogP contribution in [-0.4, -0.2) is 47.3 Å². The average molecular weight is 296 g/mol. The number of hydrogen-bond donors (Lipinski definition) is 2. The van der Waals surface area contributed by atoms with Crippen LogP contribution in [0, 0.1) is 5.41 Å². The molecule has 3 nitrogen and oxygen atoms in total. The monoisotopic (exact) mass is 296 g/mol. The van der Waals surface area contributed by atoms with Gasteiger partial charge in [-0.1, -0.05) is 27.7 Å². The van der Waals surface area contributed by atoms with E-state index in [9.17, 15) is 5.11 Å². The lowest BCUT2D eigenvalue weighted by atomic mass is 9.78. The molecule has 2 aliphatic rings. The highest BCUT2D eigenvalue weighted by atomic mass is 16.3. The first-order valence-electron chi connectivity index (χ1n) is 9.11. The van der Waals surface area contributed by atoms with Crippen molar-refractivity contribution in [3.63, 3.8) is 0 Å². The summed E-state index contributed by atoms with van der Waals surface area (Å²) in [4.78, 5) is 2.73. The minimum atomic E-state index is -0.0409. The zero-order valence-electron chi connectivity index (χ0n) is 14.6. The van der Waals surface area contributed by atoms with Crippen molar-refractivity contribution < 1.29 is 5.11 Å². The van der Waals surface area contributed by atoms with Gasteiger partial charge in [-0.05, 0) is 56.9 Å². The number of nitrogens with zero attached hydrogens (tertiary/aromatic N) is 1. The first-order valence-corrected chi connectivity index (χ1v) is 9.11. The third-order valence-corrected chi connectivity index (χ3v) is 6.20. The average Bonchev–Trinajstić information content (AvgIpc) is 2.92. The lowest BCUT2D eigenvalue weighted by Gasteiger charge is -2.45. The van der Waals surface area contributed by atoms with Gasteiger partial charge in [-0.3, -0.25) is 4.90 Å². The summed E-state index contributed by atoms with van der Waals surface area (Å²) in [5.74, 6) is 0. The summed E-state index contributed by atoms with van der Waals surface area (Å²) in [7, 11) is 0. The van der Waals surface area contributed by atoms with Crippen LogP contribution in [0.2, 0.25) is 0 Å². The smallest absolute Gasteiger partial charge is 0.0613 e. The maximum absolute atomic E-state index is 9.97. The van der Waals surface area contributed by atoms with Crippen LogP contribution in [0.3, 0.4) is 0 Å². The van der Waals surface area contributed by atoms with Crippen molar-refractivity contribution in [3.05, 3.63) is 0 Å². The van der Waals surface area contributed by atoms with Crippen molar-refractivity contribution in [2.75, 3.05) is 19.7 Å². The fourth-order valence-electron chi connectivity index (χ4n) is 4.68. The maximum Gasteiger partial charge on any atom is 0.0613 e. The van der Waals surface area contributed by atoms with Gasteiger partial charge in [0, 0.05) is 24.2 Å². The predicted molar refractivity (Wildman–Crippen MR) is 89.5 cm³/mol. The van der Waals surface area contributed by atoms with Crippen LogP contribution in [0.25, 0.3) is 0 Å². The molecular weight excluding hydrogens is 260 g/mol. The van der Waals surface area contributed by atoms with Gasteiger partial charge in [-0.25, -0.2) is 0 Å². The minimum absolute atomic E-state index is 0.0409. The Morgan fingerprint density at radius 2 is 1.95 bits per heavy atom. The van der Waals surface area contributed by atoms with Gasteiger partial charge in [0.2, 0.25) is 0 Å². The largest absolute Gasteiger partial charge is 0.394 e. The summed E-state index contributed by atoms with van der Waals surface area (Å²) in [6.45, 7) is 11.9. The Bertz CT molecular complexity index is 327. The highest BCUT2D eigenvalue weighted by Crippen LogP contribution is 2.41. The third kappa shape index (κ3) is 3.80. The molecule has 2 N–H and O–H groups in total. The Kier molecular flexibility index (Phi) is 5.72. The quantitative estimate of drug-likeness (QED) is 0.790. The Morgan fingerprint density at radius 3 is 2.48 bits per heavy atom. The van der Waals surface area contributed by atoms with Gasteiger partial charge >= 0.3 is 0 Å². The molecule has 2 fully saturated rings. The second-order valence-electron chi connectivity index (χ2n) is 7.92. The number of aliphatic hydroxyl groups is 1. The first kappa shape index (κ1) is 17.2. The van der Waals surface area contributed by atoms with Crippen LogP contribution in [0.1, 0.15) is 72.6 Å². The van der Waals surface area contributed by atoms with Crippen molar-refractivity contribution in [3.8, 4) is 0 Å². The number of hydrogen-bond acceptors (Lipinski definition) is 3. The Labute approximate surface area is 131 Å². The molecule has 0 aromatic heterocycles. The molecule has 0 bridgehead atoms. The molecule has 2 rings (SSSR count). The van der Waals surface area contributed by atoms with E-state index < -0.39 is 0 Å². The zero-order valence-corrected chi connectivity index (χ0v) is 14.6. The maximum atomic E-state index is 9.97. The molecule has 0 aromatic rings. The molecular formula is C18H36N2O. The summed E-state index contributed by atoms with van der Waals surface area (Å²) in [6.07, 6.45) is 8.77. The van der Waals surface area contributed by atoms with Crippen molar-refractivity contribution in [1.82, 2.24) is 10.2 Å². The van der Waals surface area contributed by atoms with Crippen LogP contribution in [0.4, 0.5) is 0 Å². The highest BCUT2D eigenvalue weighted by Gasteiger charge is 2.42. The molecule has 1 saturated carbocycles. The van der Waals surface area contributed by atoms with E-state index >= 15 is 0 Å². The molecule has 2 unspecified atom stereocenters. The van der Waals surface area contributed by atoms with Crippen molar-refractivity contribution in [2.24, 2.45) is 5.41 Å². The number of likely N-dealkylation sites (tertiary alicyclic amines) is 1. The van der Waals surface area contributed by atoms with E-state index in [0.29, 0.717) is 17.5 Å². The van der Waals surface area contributed by atoms with Crippen molar-refractivity contribution >= 4 is 0 Å². The summed E-state index contributed by atoms with van der Waals surface area (Å²) in [5, 5.41) is 13.6. The number of aliphatic hydroxyl groups excluding tert-OH is 1. The summed E-state index contributed by atoms with van der Waals surface area (Å²) in [6, 6.07) is 1.11. The van der Waals surface area contributed by atoms with E-state index in [0.717, 1.165) is 12.8 Å². The predicted octanol–water partition coefficient (Wildman–Crippen LogP) is 3.17. The normalized spacial score (nSPS) is 33.7. The van der Waals surface area contributed by atoms with Crippen LogP contribution in [0.15, 0.2) is 0 Å². The van der Waals surface area contributed by atoms with E-state index in [2.05, 4.69) is 37.9 Å². The SMILES string of the molecule is CCC1(CC)CCN(C2CCCC(CO)(NC(C)C)C2)C1. The fraction of sp³-hybridized carbons (Fsp3) is 1.00. The summed E-state index contributed by atoms with van der Waals surface area (Å²) < 4.78 is 0. The Balaban J connectivity index is 2.01. The molecule has 1 aliphatic carbocycles. The van der Waals surface area contributed by atoms with Crippen molar-refractivity contribution in [2.45, 2.75) is 90.3 Å². The summed E-state index contributed by atoms with van der Waals surface area (Å²) in [5.41, 5.74) is 0.519. The number of nitrogens with one attached hydrogen (secondary N) is 1. The summed E-state index contributed by atoms with van der Waals surface area (Å²) >= 11 is 0. The molecule has 21 heavy (non-hydrogen) atoms. The molecule has 0 radical (unpaired) electrons. The van der Waals surface area contributed by atoms with Gasteiger partial charge < -0.3 is 10.4 Å². The van der Waals surface area contributed by atoms with Gasteiger partial charge in [0.15, 0.2) is 0 Å².